The summed E-state index contributed by atoms with van der Waals surface area (Å²) in [7, 11) is 0. The van der Waals surface area contributed by atoms with Gasteiger partial charge in [0, 0.05) is 18.3 Å². The number of H-pyrrole nitrogens is 1. The number of nitrogens with zero attached hydrogens (tertiary/aromatic N) is 1. The predicted molar refractivity (Wildman–Crippen MR) is 77.1 cm³/mol. The number of hydrogen-bond acceptors (Lipinski definition) is 3. The fraction of sp³-hybridized carbons (Fsp3) is 0.462. The molecule has 2 rings (SSSR count). The second kappa shape index (κ2) is 5.97. The summed E-state index contributed by atoms with van der Waals surface area (Å²) in [5.74, 6) is -0.129. The molecule has 5 nitrogen and oxygen atoms in total. The molecule has 19 heavy (non-hydrogen) atoms. The first-order valence-corrected chi connectivity index (χ1v) is 6.77. The Balaban J connectivity index is 2.21. The molecule has 1 amide bonds. The monoisotopic (exact) mass is 279 g/mol. The van der Waals surface area contributed by atoms with Crippen molar-refractivity contribution in [3.05, 3.63) is 34.2 Å². The summed E-state index contributed by atoms with van der Waals surface area (Å²) in [6.45, 7) is 0.290. The molecule has 0 saturated heterocycles. The minimum absolute atomic E-state index is 0.129. The fourth-order valence-electron chi connectivity index (χ4n) is 2.46. The van der Waals surface area contributed by atoms with Gasteiger partial charge in [-0.15, -0.1) is 0 Å². The first-order chi connectivity index (χ1) is 9.08. The van der Waals surface area contributed by atoms with Gasteiger partial charge in [0.1, 0.15) is 0 Å². The Morgan fingerprint density at radius 1 is 1.42 bits per heavy atom. The molecule has 3 N–H and O–H groups in total. The predicted octanol–water partition coefficient (Wildman–Crippen LogP) is 1.05. The topological polar surface area (TPSA) is 79.2 Å². The smallest absolute Gasteiger partial charge is 0.255 e. The average molecular weight is 279 g/mol. The Labute approximate surface area is 116 Å². The summed E-state index contributed by atoms with van der Waals surface area (Å²) in [5.41, 5.74) is 5.82. The van der Waals surface area contributed by atoms with Crippen molar-refractivity contribution >= 4 is 23.1 Å². The van der Waals surface area contributed by atoms with E-state index in [4.69, 9.17) is 18.0 Å². The lowest BCUT2D eigenvalue weighted by Crippen LogP contribution is -2.43. The molecule has 1 aromatic heterocycles. The molecule has 0 spiro atoms. The summed E-state index contributed by atoms with van der Waals surface area (Å²) in [5, 5.41) is 0. The Bertz CT molecular complexity index is 514. The lowest BCUT2D eigenvalue weighted by molar-refractivity contribution is 0.0714. The fourth-order valence-corrected chi connectivity index (χ4v) is 2.60. The first kappa shape index (κ1) is 13.7. The van der Waals surface area contributed by atoms with Crippen molar-refractivity contribution in [3.63, 3.8) is 0 Å². The number of aromatic amines is 1. The first-order valence-electron chi connectivity index (χ1n) is 6.36. The van der Waals surface area contributed by atoms with Crippen LogP contribution in [0.4, 0.5) is 0 Å². The van der Waals surface area contributed by atoms with Crippen LogP contribution in [-0.2, 0) is 0 Å². The van der Waals surface area contributed by atoms with Gasteiger partial charge in [0.05, 0.1) is 17.1 Å². The number of carbonyl (C=O) groups excluding carboxylic acids is 1. The van der Waals surface area contributed by atoms with Gasteiger partial charge in [-0.25, -0.2) is 0 Å². The van der Waals surface area contributed by atoms with Gasteiger partial charge in [0.15, 0.2) is 0 Å². The van der Waals surface area contributed by atoms with Crippen LogP contribution in [0.25, 0.3) is 0 Å². The quantitative estimate of drug-likeness (QED) is 0.807. The van der Waals surface area contributed by atoms with Crippen LogP contribution in [0.1, 0.15) is 36.0 Å². The van der Waals surface area contributed by atoms with E-state index in [0.29, 0.717) is 10.6 Å². The molecule has 1 heterocycles. The van der Waals surface area contributed by atoms with E-state index in [9.17, 15) is 9.59 Å². The summed E-state index contributed by atoms with van der Waals surface area (Å²) < 4.78 is 0. The minimum atomic E-state index is -0.224. The van der Waals surface area contributed by atoms with Gasteiger partial charge < -0.3 is 15.6 Å². The molecule has 1 aliphatic rings. The highest BCUT2D eigenvalue weighted by Crippen LogP contribution is 2.24. The maximum atomic E-state index is 12.5. The third kappa shape index (κ3) is 3.41. The molecule has 0 aliphatic heterocycles. The molecule has 6 heteroatoms. The average Bonchev–Trinajstić information content (AvgIpc) is 2.89. The van der Waals surface area contributed by atoms with Crippen LogP contribution in [0.5, 0.6) is 0 Å². The molecule has 1 fully saturated rings. The summed E-state index contributed by atoms with van der Waals surface area (Å²) in [4.78, 5) is 28.0. The van der Waals surface area contributed by atoms with E-state index < -0.39 is 0 Å². The normalized spacial score (nSPS) is 15.4. The van der Waals surface area contributed by atoms with E-state index in [0.717, 1.165) is 25.7 Å². The summed E-state index contributed by atoms with van der Waals surface area (Å²) >= 11 is 4.92. The van der Waals surface area contributed by atoms with Gasteiger partial charge in [0.2, 0.25) is 5.56 Å². The molecule has 102 valence electrons. The number of rotatable bonds is 4. The standard InChI is InChI=1S/C13H17N3O2S/c14-11(19)8-16(10-3-1-2-4-10)13(18)9-5-6-12(17)15-7-9/h5-7,10H,1-4,8H2,(H2,14,19)(H,15,17). The molecular weight excluding hydrogens is 262 g/mol. The van der Waals surface area contributed by atoms with Crippen LogP contribution in [0.2, 0.25) is 0 Å². The number of amides is 1. The largest absolute Gasteiger partial charge is 0.392 e. The van der Waals surface area contributed by atoms with Gasteiger partial charge in [-0.1, -0.05) is 25.1 Å². The van der Waals surface area contributed by atoms with E-state index in [-0.39, 0.29) is 24.1 Å². The zero-order valence-electron chi connectivity index (χ0n) is 10.6. The SMILES string of the molecule is NC(=S)CN(C(=O)c1ccc(=O)[nH]c1)C1CCCC1. The zero-order valence-corrected chi connectivity index (χ0v) is 11.4. The Kier molecular flexibility index (Phi) is 4.31. The number of aromatic nitrogens is 1. The molecule has 0 atom stereocenters. The highest BCUT2D eigenvalue weighted by atomic mass is 32.1. The number of nitrogens with one attached hydrogen (secondary N) is 1. The van der Waals surface area contributed by atoms with Crippen LogP contribution < -0.4 is 11.3 Å². The van der Waals surface area contributed by atoms with Crippen molar-refractivity contribution in [1.29, 1.82) is 0 Å². The van der Waals surface area contributed by atoms with Gasteiger partial charge >= 0.3 is 0 Å². The van der Waals surface area contributed by atoms with Crippen LogP contribution in [0, 0.1) is 0 Å². The van der Waals surface area contributed by atoms with Crippen LogP contribution in [-0.4, -0.2) is 33.4 Å². The Morgan fingerprint density at radius 2 is 2.11 bits per heavy atom. The maximum Gasteiger partial charge on any atom is 0.255 e. The Hall–Kier alpha value is -1.69. The van der Waals surface area contributed by atoms with Crippen molar-refractivity contribution in [2.75, 3.05) is 6.54 Å². The highest BCUT2D eigenvalue weighted by Gasteiger charge is 2.27. The second-order valence-electron chi connectivity index (χ2n) is 4.78. The lowest BCUT2D eigenvalue weighted by Gasteiger charge is -2.28. The molecule has 0 radical (unpaired) electrons. The molecular formula is C13H17N3O2S. The van der Waals surface area contributed by atoms with E-state index in [1.807, 2.05) is 0 Å². The number of carbonyl (C=O) groups is 1. The van der Waals surface area contributed by atoms with Crippen LogP contribution in [0.3, 0.4) is 0 Å². The van der Waals surface area contributed by atoms with E-state index in [1.165, 1.54) is 18.3 Å². The third-order valence-electron chi connectivity index (χ3n) is 3.38. The minimum Gasteiger partial charge on any atom is -0.392 e. The number of hydrogen-bond donors (Lipinski definition) is 2. The highest BCUT2D eigenvalue weighted by molar-refractivity contribution is 7.80. The third-order valence-corrected chi connectivity index (χ3v) is 3.51. The van der Waals surface area contributed by atoms with Crippen molar-refractivity contribution in [2.45, 2.75) is 31.7 Å². The van der Waals surface area contributed by atoms with Gasteiger partial charge in [-0.05, 0) is 18.9 Å². The molecule has 0 aromatic carbocycles. The van der Waals surface area contributed by atoms with E-state index in [1.54, 1.807) is 4.90 Å². The van der Waals surface area contributed by atoms with Crippen LogP contribution >= 0.6 is 12.2 Å². The van der Waals surface area contributed by atoms with Gasteiger partial charge in [0.25, 0.3) is 5.91 Å². The van der Waals surface area contributed by atoms with Crippen molar-refractivity contribution in [1.82, 2.24) is 9.88 Å². The maximum absolute atomic E-state index is 12.5. The van der Waals surface area contributed by atoms with Crippen molar-refractivity contribution in [2.24, 2.45) is 5.73 Å². The molecule has 1 aliphatic carbocycles. The number of pyridine rings is 1. The molecule has 1 aromatic rings. The number of thiocarbonyl (C=S) groups is 1. The Morgan fingerprint density at radius 3 is 2.63 bits per heavy atom. The van der Waals surface area contributed by atoms with E-state index >= 15 is 0 Å². The van der Waals surface area contributed by atoms with Gasteiger partial charge in [-0.3, -0.25) is 9.59 Å². The van der Waals surface area contributed by atoms with E-state index in [2.05, 4.69) is 4.98 Å². The second-order valence-corrected chi connectivity index (χ2v) is 5.30. The summed E-state index contributed by atoms with van der Waals surface area (Å²) in [6.07, 6.45) is 5.65. The molecule has 0 unspecified atom stereocenters. The zero-order chi connectivity index (χ0) is 13.8. The molecule has 1 saturated carbocycles. The lowest BCUT2D eigenvalue weighted by atomic mass is 10.1. The van der Waals surface area contributed by atoms with Crippen LogP contribution in [0.15, 0.2) is 23.1 Å². The summed E-state index contributed by atoms with van der Waals surface area (Å²) in [6, 6.07) is 3.07. The van der Waals surface area contributed by atoms with Crippen molar-refractivity contribution < 1.29 is 4.79 Å². The molecule has 0 bridgehead atoms. The van der Waals surface area contributed by atoms with Crippen molar-refractivity contribution in [3.8, 4) is 0 Å². The van der Waals surface area contributed by atoms with Gasteiger partial charge in [-0.2, -0.15) is 0 Å². The number of nitrogens with two attached hydrogens (primary N) is 1.